The zero-order valence-electron chi connectivity index (χ0n) is 19.1. The van der Waals surface area contributed by atoms with E-state index in [4.69, 9.17) is 23.7 Å². The molecule has 0 spiro atoms. The van der Waals surface area contributed by atoms with Crippen molar-refractivity contribution in [3.8, 4) is 11.5 Å². The van der Waals surface area contributed by atoms with E-state index in [1.54, 1.807) is 0 Å². The Bertz CT molecular complexity index is 907. The Balaban J connectivity index is 1.71. The highest BCUT2D eigenvalue weighted by Crippen LogP contribution is 2.30. The molecule has 1 aromatic rings. The normalized spacial score (nSPS) is 37.1. The Morgan fingerprint density at radius 1 is 0.917 bits per heavy atom. The van der Waals surface area contributed by atoms with Crippen molar-refractivity contribution in [2.75, 3.05) is 20.3 Å². The second-order valence-electron chi connectivity index (χ2n) is 8.21. The number of hydrogen-bond donors (Lipinski definition) is 8. The van der Waals surface area contributed by atoms with Gasteiger partial charge in [-0.1, -0.05) is 6.07 Å². The lowest BCUT2D eigenvalue weighted by Crippen LogP contribution is -2.65. The summed E-state index contributed by atoms with van der Waals surface area (Å²) in [6.45, 7) is -1.50. The molecule has 3 rings (SSSR count). The predicted molar refractivity (Wildman–Crippen MR) is 116 cm³/mol. The van der Waals surface area contributed by atoms with E-state index in [0.29, 0.717) is 5.56 Å². The summed E-state index contributed by atoms with van der Waals surface area (Å²) >= 11 is 0. The van der Waals surface area contributed by atoms with Crippen molar-refractivity contribution in [2.45, 2.75) is 61.4 Å². The number of phenolic OH excluding ortho intramolecular Hbond substituents is 1. The molecule has 0 amide bonds. The van der Waals surface area contributed by atoms with Gasteiger partial charge in [0.15, 0.2) is 17.8 Å². The minimum atomic E-state index is -1.85. The van der Waals surface area contributed by atoms with Crippen LogP contribution in [0.1, 0.15) is 5.56 Å². The molecule has 0 unspecified atom stereocenters. The number of esters is 1. The second kappa shape index (κ2) is 12.2. The summed E-state index contributed by atoms with van der Waals surface area (Å²) in [6, 6.07) is 4.30. The van der Waals surface area contributed by atoms with Crippen LogP contribution in [0.4, 0.5) is 0 Å². The SMILES string of the molecule is COc1cc(/C=C/C(=O)O[C@@H]2O[C@H](CO)[C@@H](O)[C@H](O[C@@H]3O[C@H](CO)[C@@H](O)[C@H](O)[C@H]3O)[C@H]2O)ccc1O. The number of carbonyl (C=O) groups excluding carboxylic acids is 1. The van der Waals surface area contributed by atoms with Gasteiger partial charge in [-0.3, -0.25) is 0 Å². The van der Waals surface area contributed by atoms with Crippen LogP contribution >= 0.6 is 0 Å². The Labute approximate surface area is 205 Å². The lowest BCUT2D eigenvalue weighted by molar-refractivity contribution is -0.356. The Kier molecular flexibility index (Phi) is 9.59. The maximum Gasteiger partial charge on any atom is 0.333 e. The third-order valence-corrected chi connectivity index (χ3v) is 5.81. The summed E-state index contributed by atoms with van der Waals surface area (Å²) in [5, 5.41) is 79.7. The fraction of sp³-hybridized carbons (Fsp3) is 0.591. The quantitative estimate of drug-likeness (QED) is 0.124. The number of aliphatic hydroxyl groups is 7. The smallest absolute Gasteiger partial charge is 0.333 e. The number of carbonyl (C=O) groups is 1. The van der Waals surface area contributed by atoms with E-state index in [2.05, 4.69) is 0 Å². The topological polar surface area (TPSA) is 225 Å². The van der Waals surface area contributed by atoms with E-state index in [-0.39, 0.29) is 11.5 Å². The van der Waals surface area contributed by atoms with Crippen molar-refractivity contribution in [1.29, 1.82) is 0 Å². The summed E-state index contributed by atoms with van der Waals surface area (Å²) in [6.07, 6.45) is -14.3. The molecular formula is C22H30O14. The van der Waals surface area contributed by atoms with Crippen molar-refractivity contribution in [1.82, 2.24) is 0 Å². The third kappa shape index (κ3) is 6.12. The summed E-state index contributed by atoms with van der Waals surface area (Å²) in [5.41, 5.74) is 0.471. The van der Waals surface area contributed by atoms with Gasteiger partial charge in [-0.25, -0.2) is 4.79 Å². The number of benzene rings is 1. The molecule has 36 heavy (non-hydrogen) atoms. The molecule has 10 atom stereocenters. The summed E-state index contributed by atoms with van der Waals surface area (Å²) < 4.78 is 26.0. The molecule has 14 nitrogen and oxygen atoms in total. The fourth-order valence-corrected chi connectivity index (χ4v) is 3.76. The number of hydrogen-bond acceptors (Lipinski definition) is 14. The Morgan fingerprint density at radius 2 is 1.56 bits per heavy atom. The zero-order valence-corrected chi connectivity index (χ0v) is 19.1. The average molecular weight is 518 g/mol. The van der Waals surface area contributed by atoms with Crippen molar-refractivity contribution >= 4 is 12.0 Å². The molecule has 0 radical (unpaired) electrons. The Hall–Kier alpha value is -2.37. The van der Waals surface area contributed by atoms with E-state index in [0.717, 1.165) is 6.08 Å². The lowest BCUT2D eigenvalue weighted by Gasteiger charge is -2.45. The first-order chi connectivity index (χ1) is 17.1. The molecule has 1 aromatic carbocycles. The lowest BCUT2D eigenvalue weighted by atomic mass is 9.97. The molecular weight excluding hydrogens is 488 g/mol. The van der Waals surface area contributed by atoms with Gasteiger partial charge in [0.1, 0.15) is 48.8 Å². The van der Waals surface area contributed by atoms with E-state index in [9.17, 15) is 45.6 Å². The zero-order chi connectivity index (χ0) is 26.6. The largest absolute Gasteiger partial charge is 0.504 e. The number of ether oxygens (including phenoxy) is 5. The van der Waals surface area contributed by atoms with Crippen LogP contribution in [0.5, 0.6) is 11.5 Å². The minimum Gasteiger partial charge on any atom is -0.504 e. The van der Waals surface area contributed by atoms with E-state index in [1.165, 1.54) is 31.4 Å². The third-order valence-electron chi connectivity index (χ3n) is 5.81. The van der Waals surface area contributed by atoms with Crippen LogP contribution in [0.25, 0.3) is 6.08 Å². The molecule has 2 saturated heterocycles. The number of rotatable bonds is 8. The van der Waals surface area contributed by atoms with Crippen LogP contribution in [0.3, 0.4) is 0 Å². The van der Waals surface area contributed by atoms with Gasteiger partial charge in [0.25, 0.3) is 0 Å². The maximum absolute atomic E-state index is 12.3. The van der Waals surface area contributed by atoms with Crippen LogP contribution in [-0.2, 0) is 23.7 Å². The van der Waals surface area contributed by atoms with Crippen molar-refractivity contribution in [3.63, 3.8) is 0 Å². The van der Waals surface area contributed by atoms with Gasteiger partial charge in [-0.05, 0) is 23.8 Å². The van der Waals surface area contributed by atoms with E-state index in [1.807, 2.05) is 0 Å². The van der Waals surface area contributed by atoms with Gasteiger partial charge in [0.05, 0.1) is 20.3 Å². The van der Waals surface area contributed by atoms with Crippen LogP contribution in [0.2, 0.25) is 0 Å². The van der Waals surface area contributed by atoms with Gasteiger partial charge >= 0.3 is 5.97 Å². The minimum absolute atomic E-state index is 0.102. The number of phenols is 1. The van der Waals surface area contributed by atoms with Crippen molar-refractivity contribution in [3.05, 3.63) is 29.8 Å². The highest BCUT2D eigenvalue weighted by molar-refractivity contribution is 5.87. The molecule has 0 saturated carbocycles. The summed E-state index contributed by atoms with van der Waals surface area (Å²) in [4.78, 5) is 12.3. The van der Waals surface area contributed by atoms with Gasteiger partial charge in [-0.15, -0.1) is 0 Å². The standard InChI is InChI=1S/C22H30O14/c1-32-11-6-9(2-4-10(11)25)3-5-14(26)35-22-19(31)20(16(28)13(8-24)34-22)36-21-18(30)17(29)15(27)12(7-23)33-21/h2-6,12-13,15-25,27-31H,7-8H2,1H3/b5-3+/t12-,13-,15-,16-,17+,18-,19-,20+,21+,22+/m1/s1. The first-order valence-corrected chi connectivity index (χ1v) is 10.9. The molecule has 0 aliphatic carbocycles. The summed E-state index contributed by atoms with van der Waals surface area (Å²) in [7, 11) is 1.35. The molecule has 2 aliphatic heterocycles. The monoisotopic (exact) mass is 518 g/mol. The molecule has 14 heteroatoms. The number of aliphatic hydroxyl groups excluding tert-OH is 7. The molecule has 202 valence electrons. The second-order valence-corrected chi connectivity index (χ2v) is 8.21. The van der Waals surface area contributed by atoms with E-state index < -0.39 is 80.6 Å². The van der Waals surface area contributed by atoms with Crippen molar-refractivity contribution in [2.24, 2.45) is 0 Å². The van der Waals surface area contributed by atoms with Crippen LogP contribution < -0.4 is 4.74 Å². The van der Waals surface area contributed by atoms with Crippen LogP contribution in [-0.4, -0.2) is 129 Å². The van der Waals surface area contributed by atoms with E-state index >= 15 is 0 Å². The number of methoxy groups -OCH3 is 1. The number of aromatic hydroxyl groups is 1. The average Bonchev–Trinajstić information content (AvgIpc) is 2.87. The highest BCUT2D eigenvalue weighted by Gasteiger charge is 2.51. The molecule has 2 aliphatic rings. The Morgan fingerprint density at radius 3 is 2.19 bits per heavy atom. The molecule has 2 fully saturated rings. The molecule has 2 heterocycles. The fourth-order valence-electron chi connectivity index (χ4n) is 3.76. The first-order valence-electron chi connectivity index (χ1n) is 10.9. The van der Waals surface area contributed by atoms with Gasteiger partial charge in [0.2, 0.25) is 6.29 Å². The maximum atomic E-state index is 12.3. The predicted octanol–water partition coefficient (Wildman–Crippen LogP) is -3.42. The molecule has 0 aromatic heterocycles. The van der Waals surface area contributed by atoms with Crippen LogP contribution in [0.15, 0.2) is 24.3 Å². The van der Waals surface area contributed by atoms with Crippen LogP contribution in [0, 0.1) is 0 Å². The molecule has 8 N–H and O–H groups in total. The van der Waals surface area contributed by atoms with Crippen molar-refractivity contribution < 1.29 is 69.3 Å². The summed E-state index contributed by atoms with van der Waals surface area (Å²) in [5.74, 6) is -0.912. The first kappa shape index (κ1) is 28.2. The molecule has 0 bridgehead atoms. The highest BCUT2D eigenvalue weighted by atomic mass is 16.7. The van der Waals surface area contributed by atoms with Gasteiger partial charge in [-0.2, -0.15) is 0 Å². The van der Waals surface area contributed by atoms with Gasteiger partial charge < -0.3 is 64.5 Å². The van der Waals surface area contributed by atoms with Gasteiger partial charge in [0, 0.05) is 6.08 Å².